The molecule has 2 aliphatic heterocycles. The molecule has 0 aromatic heterocycles. The molecule has 0 saturated heterocycles. The third kappa shape index (κ3) is 2.79. The SMILES string of the molecule is CN1Cc2ccc(SSc3ccc4c(c3)ON(C)C4)cc2O1. The maximum atomic E-state index is 5.66. The van der Waals surface area contributed by atoms with Gasteiger partial charge in [0, 0.05) is 35.0 Å². The second-order valence-corrected chi connectivity index (χ2v) is 7.74. The van der Waals surface area contributed by atoms with E-state index in [9.17, 15) is 0 Å². The highest BCUT2D eigenvalue weighted by atomic mass is 33.1. The number of rotatable bonds is 3. The Morgan fingerprint density at radius 2 is 1.23 bits per heavy atom. The highest BCUT2D eigenvalue weighted by Gasteiger charge is 2.19. The molecule has 6 heteroatoms. The summed E-state index contributed by atoms with van der Waals surface area (Å²) in [7, 11) is 7.37. The third-order valence-electron chi connectivity index (χ3n) is 3.61. The van der Waals surface area contributed by atoms with Gasteiger partial charge >= 0.3 is 0 Å². The summed E-state index contributed by atoms with van der Waals surface area (Å²) >= 11 is 0. The lowest BCUT2D eigenvalue weighted by Gasteiger charge is -2.07. The number of hydroxylamine groups is 4. The number of hydrogen-bond donors (Lipinski definition) is 0. The minimum Gasteiger partial charge on any atom is -0.406 e. The summed E-state index contributed by atoms with van der Waals surface area (Å²) in [6.45, 7) is 1.70. The molecule has 2 aromatic carbocycles. The topological polar surface area (TPSA) is 24.9 Å². The number of hydrogen-bond acceptors (Lipinski definition) is 6. The van der Waals surface area contributed by atoms with Crippen LogP contribution in [-0.2, 0) is 13.1 Å². The van der Waals surface area contributed by atoms with E-state index in [-0.39, 0.29) is 0 Å². The van der Waals surface area contributed by atoms with Crippen LogP contribution in [0.2, 0.25) is 0 Å². The third-order valence-corrected chi connectivity index (χ3v) is 5.99. The lowest BCUT2D eigenvalue weighted by Crippen LogP contribution is -2.13. The minimum atomic E-state index is 0.850. The fourth-order valence-electron chi connectivity index (χ4n) is 2.58. The van der Waals surface area contributed by atoms with Gasteiger partial charge in [-0.25, -0.2) is 0 Å². The molecule has 4 nitrogen and oxygen atoms in total. The normalized spacial score (nSPS) is 17.0. The van der Waals surface area contributed by atoms with Gasteiger partial charge in [0.05, 0.1) is 13.1 Å². The summed E-state index contributed by atoms with van der Waals surface area (Å²) in [4.78, 5) is 13.7. The average Bonchev–Trinajstić information content (AvgIpc) is 3.04. The Balaban J connectivity index is 1.45. The Kier molecular flexibility index (Phi) is 3.69. The molecule has 0 saturated carbocycles. The Morgan fingerprint density at radius 1 is 0.773 bits per heavy atom. The molecule has 0 spiro atoms. The van der Waals surface area contributed by atoms with E-state index < -0.39 is 0 Å². The molecule has 114 valence electrons. The van der Waals surface area contributed by atoms with Crippen molar-refractivity contribution in [3.8, 4) is 11.5 Å². The molecule has 0 N–H and O–H groups in total. The highest BCUT2D eigenvalue weighted by Crippen LogP contribution is 2.42. The lowest BCUT2D eigenvalue weighted by atomic mass is 10.2. The van der Waals surface area contributed by atoms with E-state index >= 15 is 0 Å². The molecule has 0 bridgehead atoms. The van der Waals surface area contributed by atoms with E-state index in [1.165, 1.54) is 20.9 Å². The van der Waals surface area contributed by atoms with Gasteiger partial charge in [-0.2, -0.15) is 0 Å². The smallest absolute Gasteiger partial charge is 0.153 e. The van der Waals surface area contributed by atoms with Gasteiger partial charge in [0.15, 0.2) is 11.5 Å². The average molecular weight is 332 g/mol. The molecule has 0 aliphatic carbocycles. The van der Waals surface area contributed by atoms with Crippen LogP contribution in [0.1, 0.15) is 11.1 Å². The van der Waals surface area contributed by atoms with Crippen LogP contribution in [0.15, 0.2) is 46.2 Å². The maximum Gasteiger partial charge on any atom is 0.153 e. The molecular weight excluding hydrogens is 316 g/mol. The van der Waals surface area contributed by atoms with Gasteiger partial charge in [0.1, 0.15) is 0 Å². The van der Waals surface area contributed by atoms with Crippen LogP contribution in [0.25, 0.3) is 0 Å². The Morgan fingerprint density at radius 3 is 1.68 bits per heavy atom. The summed E-state index contributed by atoms with van der Waals surface area (Å²) < 4.78 is 0. The summed E-state index contributed by atoms with van der Waals surface area (Å²) in [6.07, 6.45) is 0. The first-order chi connectivity index (χ1) is 10.7. The molecule has 0 radical (unpaired) electrons. The van der Waals surface area contributed by atoms with Gasteiger partial charge in [-0.1, -0.05) is 33.7 Å². The van der Waals surface area contributed by atoms with Crippen LogP contribution in [0, 0.1) is 0 Å². The first-order valence-electron chi connectivity index (χ1n) is 7.06. The zero-order valence-electron chi connectivity index (χ0n) is 12.4. The molecule has 2 heterocycles. The van der Waals surface area contributed by atoms with Gasteiger partial charge < -0.3 is 9.68 Å². The van der Waals surface area contributed by atoms with Crippen molar-refractivity contribution in [2.75, 3.05) is 14.1 Å². The molecule has 2 aliphatic rings. The molecule has 0 unspecified atom stereocenters. The molecule has 0 atom stereocenters. The molecule has 4 rings (SSSR count). The van der Waals surface area contributed by atoms with Crippen LogP contribution in [-0.4, -0.2) is 24.2 Å². The van der Waals surface area contributed by atoms with Crippen LogP contribution in [0.4, 0.5) is 0 Å². The summed E-state index contributed by atoms with van der Waals surface area (Å²) in [6, 6.07) is 12.8. The van der Waals surface area contributed by atoms with Crippen molar-refractivity contribution in [3.05, 3.63) is 47.5 Å². The van der Waals surface area contributed by atoms with Gasteiger partial charge in [-0.05, 0) is 24.3 Å². The van der Waals surface area contributed by atoms with Crippen molar-refractivity contribution in [3.63, 3.8) is 0 Å². The maximum absolute atomic E-state index is 5.66. The van der Waals surface area contributed by atoms with E-state index in [0.717, 1.165) is 24.6 Å². The predicted octanol–water partition coefficient (Wildman–Crippen LogP) is 3.96. The van der Waals surface area contributed by atoms with Crippen molar-refractivity contribution in [1.29, 1.82) is 0 Å². The second kappa shape index (κ2) is 5.70. The fourth-order valence-corrected chi connectivity index (χ4v) is 4.53. The lowest BCUT2D eigenvalue weighted by molar-refractivity contribution is -0.0139. The van der Waals surface area contributed by atoms with Crippen molar-refractivity contribution < 1.29 is 9.68 Å². The van der Waals surface area contributed by atoms with Crippen LogP contribution < -0.4 is 9.68 Å². The molecule has 0 amide bonds. The summed E-state index contributed by atoms with van der Waals surface area (Å²) in [5.41, 5.74) is 2.48. The van der Waals surface area contributed by atoms with Gasteiger partial charge in [0.25, 0.3) is 0 Å². The van der Waals surface area contributed by atoms with E-state index in [1.807, 2.05) is 24.2 Å². The zero-order chi connectivity index (χ0) is 15.1. The molecule has 22 heavy (non-hydrogen) atoms. The van der Waals surface area contributed by atoms with Crippen molar-refractivity contribution in [1.82, 2.24) is 10.1 Å². The monoisotopic (exact) mass is 332 g/mol. The Labute approximate surface area is 137 Å². The fraction of sp³-hybridized carbons (Fsp3) is 0.250. The first kappa shape index (κ1) is 14.3. The van der Waals surface area contributed by atoms with Crippen molar-refractivity contribution in [2.24, 2.45) is 0 Å². The zero-order valence-corrected chi connectivity index (χ0v) is 14.0. The van der Waals surface area contributed by atoms with E-state index in [1.54, 1.807) is 21.6 Å². The van der Waals surface area contributed by atoms with Gasteiger partial charge in [-0.3, -0.25) is 0 Å². The molecule has 0 fully saturated rings. The van der Waals surface area contributed by atoms with Crippen LogP contribution >= 0.6 is 21.6 Å². The van der Waals surface area contributed by atoms with E-state index in [0.29, 0.717) is 0 Å². The molecular formula is C16H16N2O2S2. The largest absolute Gasteiger partial charge is 0.406 e. The number of benzene rings is 2. The van der Waals surface area contributed by atoms with Gasteiger partial charge in [-0.15, -0.1) is 10.1 Å². The number of nitrogens with zero attached hydrogens (tertiary/aromatic N) is 2. The second-order valence-electron chi connectivity index (χ2n) is 5.46. The van der Waals surface area contributed by atoms with Crippen LogP contribution in [0.3, 0.4) is 0 Å². The predicted molar refractivity (Wildman–Crippen MR) is 88.8 cm³/mol. The van der Waals surface area contributed by atoms with Gasteiger partial charge in [0.2, 0.25) is 0 Å². The van der Waals surface area contributed by atoms with Crippen LogP contribution in [0.5, 0.6) is 11.5 Å². The number of fused-ring (bicyclic) bond motifs is 2. The standard InChI is InChI=1S/C16H16N2O2S2/c1-17-9-11-3-5-13(7-15(11)19-17)21-22-14-6-4-12-10-18(2)20-16(12)8-14/h3-8H,9-10H2,1-2H3. The van der Waals surface area contributed by atoms with Crippen molar-refractivity contribution in [2.45, 2.75) is 22.9 Å². The summed E-state index contributed by atoms with van der Waals surface area (Å²) in [5.74, 6) is 1.93. The highest BCUT2D eigenvalue weighted by molar-refractivity contribution is 8.76. The Hall–Kier alpha value is -1.34. The quantitative estimate of drug-likeness (QED) is 0.789. The minimum absolute atomic E-state index is 0.850. The van der Waals surface area contributed by atoms with E-state index in [2.05, 4.69) is 36.4 Å². The molecule has 2 aromatic rings. The first-order valence-corrected chi connectivity index (χ1v) is 9.21. The Bertz CT molecular complexity index is 662. The van der Waals surface area contributed by atoms with E-state index in [4.69, 9.17) is 9.68 Å². The summed E-state index contributed by atoms with van der Waals surface area (Å²) in [5, 5.41) is 3.70. The van der Waals surface area contributed by atoms with Crippen molar-refractivity contribution >= 4 is 21.6 Å².